The van der Waals surface area contributed by atoms with Crippen LogP contribution in [-0.4, -0.2) is 6.54 Å². The Morgan fingerprint density at radius 1 is 1.10 bits per heavy atom. The van der Waals surface area contributed by atoms with Gasteiger partial charge < -0.3 is 10.1 Å². The van der Waals surface area contributed by atoms with E-state index in [9.17, 15) is 0 Å². The van der Waals surface area contributed by atoms with Gasteiger partial charge in [-0.15, -0.1) is 0 Å². The summed E-state index contributed by atoms with van der Waals surface area (Å²) in [6.45, 7) is 4.19. The van der Waals surface area contributed by atoms with E-state index in [1.807, 2.05) is 24.3 Å². The quantitative estimate of drug-likeness (QED) is 0.710. The third-order valence-corrected chi connectivity index (χ3v) is 4.36. The molecule has 0 heterocycles. The largest absolute Gasteiger partial charge is 0.489 e. The summed E-state index contributed by atoms with van der Waals surface area (Å²) in [5.41, 5.74) is 2.03. The van der Waals surface area contributed by atoms with Crippen LogP contribution in [0.15, 0.2) is 40.9 Å². The van der Waals surface area contributed by atoms with E-state index in [0.717, 1.165) is 34.4 Å². The van der Waals surface area contributed by atoms with Crippen LogP contribution in [0.5, 0.6) is 5.75 Å². The van der Waals surface area contributed by atoms with E-state index >= 15 is 0 Å². The predicted molar refractivity (Wildman–Crippen MR) is 92.3 cm³/mol. The molecule has 0 aromatic heterocycles. The molecule has 2 nitrogen and oxygen atoms in total. The van der Waals surface area contributed by atoms with Crippen molar-refractivity contribution in [1.29, 1.82) is 0 Å². The second kappa shape index (κ2) is 8.04. The van der Waals surface area contributed by atoms with E-state index in [2.05, 4.69) is 28.2 Å². The molecule has 0 aliphatic carbocycles. The standard InChI is InChI=1S/C16H16BrCl2NO/c1-2-20-9-11-8-14(4-5-15(11)17)21-10-12-7-13(18)3-6-16(12)19/h3-8,20H,2,9-10H2,1H3. The van der Waals surface area contributed by atoms with Gasteiger partial charge in [0.1, 0.15) is 12.4 Å². The highest BCUT2D eigenvalue weighted by atomic mass is 79.9. The average molecular weight is 389 g/mol. The van der Waals surface area contributed by atoms with Gasteiger partial charge in [0.2, 0.25) is 0 Å². The fourth-order valence-corrected chi connectivity index (χ4v) is 2.60. The fraction of sp³-hybridized carbons (Fsp3) is 0.250. The Bertz CT molecular complexity index is 619. The lowest BCUT2D eigenvalue weighted by Crippen LogP contribution is -2.12. The first-order valence-electron chi connectivity index (χ1n) is 6.66. The summed E-state index contributed by atoms with van der Waals surface area (Å²) in [6, 6.07) is 11.3. The molecule has 2 aromatic carbocycles. The monoisotopic (exact) mass is 387 g/mol. The minimum Gasteiger partial charge on any atom is -0.489 e. The van der Waals surface area contributed by atoms with Crippen molar-refractivity contribution in [3.8, 4) is 5.75 Å². The minimum atomic E-state index is 0.391. The lowest BCUT2D eigenvalue weighted by atomic mass is 10.2. The highest BCUT2D eigenvalue weighted by Crippen LogP contribution is 2.25. The zero-order valence-electron chi connectivity index (χ0n) is 11.6. The molecule has 0 spiro atoms. The maximum Gasteiger partial charge on any atom is 0.120 e. The molecule has 0 atom stereocenters. The summed E-state index contributed by atoms with van der Waals surface area (Å²) in [4.78, 5) is 0. The summed E-state index contributed by atoms with van der Waals surface area (Å²) in [7, 11) is 0. The molecule has 0 bridgehead atoms. The fourth-order valence-electron chi connectivity index (χ4n) is 1.85. The van der Waals surface area contributed by atoms with Gasteiger partial charge in [0.25, 0.3) is 0 Å². The third-order valence-electron chi connectivity index (χ3n) is 2.98. The molecular weight excluding hydrogens is 373 g/mol. The Kier molecular flexibility index (Phi) is 6.37. The second-order valence-electron chi connectivity index (χ2n) is 4.56. The van der Waals surface area contributed by atoms with Gasteiger partial charge in [0, 0.05) is 26.6 Å². The Labute approximate surface area is 143 Å². The van der Waals surface area contributed by atoms with Crippen LogP contribution in [0.2, 0.25) is 10.0 Å². The Hall–Kier alpha value is -0.740. The van der Waals surface area contributed by atoms with Crippen molar-refractivity contribution in [2.75, 3.05) is 6.54 Å². The van der Waals surface area contributed by atoms with Crippen LogP contribution in [0.25, 0.3) is 0 Å². The topological polar surface area (TPSA) is 21.3 Å². The molecule has 0 fully saturated rings. The molecule has 112 valence electrons. The van der Waals surface area contributed by atoms with Crippen molar-refractivity contribution >= 4 is 39.1 Å². The van der Waals surface area contributed by atoms with Crippen LogP contribution in [0.1, 0.15) is 18.1 Å². The lowest BCUT2D eigenvalue weighted by Gasteiger charge is -2.11. The molecule has 0 saturated carbocycles. The maximum atomic E-state index is 6.13. The van der Waals surface area contributed by atoms with Gasteiger partial charge in [-0.2, -0.15) is 0 Å². The predicted octanol–water partition coefficient (Wildman–Crippen LogP) is 5.44. The van der Waals surface area contributed by atoms with Gasteiger partial charge in [-0.1, -0.05) is 46.1 Å². The van der Waals surface area contributed by atoms with Gasteiger partial charge in [-0.05, 0) is 48.5 Å². The first-order valence-corrected chi connectivity index (χ1v) is 8.21. The molecule has 0 unspecified atom stereocenters. The van der Waals surface area contributed by atoms with Gasteiger partial charge in [-0.25, -0.2) is 0 Å². The normalized spacial score (nSPS) is 10.7. The van der Waals surface area contributed by atoms with Gasteiger partial charge in [-0.3, -0.25) is 0 Å². The molecule has 5 heteroatoms. The molecule has 2 aromatic rings. The maximum absolute atomic E-state index is 6.13. The molecule has 0 amide bonds. The first-order chi connectivity index (χ1) is 10.1. The van der Waals surface area contributed by atoms with E-state index in [-0.39, 0.29) is 0 Å². The van der Waals surface area contributed by atoms with E-state index < -0.39 is 0 Å². The molecule has 0 aliphatic heterocycles. The molecule has 0 saturated heterocycles. The zero-order chi connectivity index (χ0) is 15.2. The number of rotatable bonds is 6. The number of hydrogen-bond acceptors (Lipinski definition) is 2. The van der Waals surface area contributed by atoms with E-state index in [1.54, 1.807) is 12.1 Å². The number of benzene rings is 2. The van der Waals surface area contributed by atoms with Crippen molar-refractivity contribution in [3.63, 3.8) is 0 Å². The minimum absolute atomic E-state index is 0.391. The lowest BCUT2D eigenvalue weighted by molar-refractivity contribution is 0.306. The molecule has 21 heavy (non-hydrogen) atoms. The van der Waals surface area contributed by atoms with Crippen LogP contribution in [0, 0.1) is 0 Å². The number of nitrogens with one attached hydrogen (secondary N) is 1. The molecule has 1 N–H and O–H groups in total. The van der Waals surface area contributed by atoms with Gasteiger partial charge in [0.15, 0.2) is 0 Å². The highest BCUT2D eigenvalue weighted by Gasteiger charge is 2.05. The summed E-state index contributed by atoms with van der Waals surface area (Å²) < 4.78 is 6.88. The van der Waals surface area contributed by atoms with E-state index in [1.165, 1.54) is 0 Å². The summed E-state index contributed by atoms with van der Waals surface area (Å²) in [5.74, 6) is 0.808. The SMILES string of the molecule is CCNCc1cc(OCc2cc(Cl)ccc2Cl)ccc1Br. The number of ether oxygens (including phenoxy) is 1. The van der Waals surface area contributed by atoms with Gasteiger partial charge in [0.05, 0.1) is 0 Å². The highest BCUT2D eigenvalue weighted by molar-refractivity contribution is 9.10. The smallest absolute Gasteiger partial charge is 0.120 e. The first kappa shape index (κ1) is 16.6. The molecule has 2 rings (SSSR count). The van der Waals surface area contributed by atoms with Crippen molar-refractivity contribution < 1.29 is 4.74 Å². The Balaban J connectivity index is 2.07. The summed E-state index contributed by atoms with van der Waals surface area (Å²) >= 11 is 15.6. The Morgan fingerprint density at radius 2 is 1.90 bits per heavy atom. The third kappa shape index (κ3) is 4.89. The number of hydrogen-bond donors (Lipinski definition) is 1. The van der Waals surface area contributed by atoms with Crippen molar-refractivity contribution in [1.82, 2.24) is 5.32 Å². The van der Waals surface area contributed by atoms with Crippen LogP contribution < -0.4 is 10.1 Å². The van der Waals surface area contributed by atoms with Crippen LogP contribution in [-0.2, 0) is 13.2 Å². The van der Waals surface area contributed by atoms with E-state index in [4.69, 9.17) is 27.9 Å². The van der Waals surface area contributed by atoms with Crippen LogP contribution in [0.3, 0.4) is 0 Å². The average Bonchev–Trinajstić information content (AvgIpc) is 2.48. The Morgan fingerprint density at radius 3 is 2.67 bits per heavy atom. The molecular formula is C16H16BrCl2NO. The summed E-state index contributed by atoms with van der Waals surface area (Å²) in [6.07, 6.45) is 0. The van der Waals surface area contributed by atoms with Crippen molar-refractivity contribution in [2.45, 2.75) is 20.1 Å². The molecule has 0 radical (unpaired) electrons. The van der Waals surface area contributed by atoms with Crippen LogP contribution >= 0.6 is 39.1 Å². The zero-order valence-corrected chi connectivity index (χ0v) is 14.7. The summed E-state index contributed by atoms with van der Waals surface area (Å²) in [5, 5.41) is 4.61. The van der Waals surface area contributed by atoms with Crippen LogP contribution in [0.4, 0.5) is 0 Å². The second-order valence-corrected chi connectivity index (χ2v) is 6.26. The molecule has 0 aliphatic rings. The van der Waals surface area contributed by atoms with Crippen molar-refractivity contribution in [2.24, 2.45) is 0 Å². The van der Waals surface area contributed by atoms with Gasteiger partial charge >= 0.3 is 0 Å². The van der Waals surface area contributed by atoms with E-state index in [0.29, 0.717) is 16.7 Å². The van der Waals surface area contributed by atoms with Crippen molar-refractivity contribution in [3.05, 3.63) is 62.0 Å². The number of halogens is 3.